The predicted octanol–water partition coefficient (Wildman–Crippen LogP) is 2.63. The average molecular weight is 353 g/mol. The molecule has 0 aliphatic rings. The predicted molar refractivity (Wildman–Crippen MR) is 98.4 cm³/mol. The van der Waals surface area contributed by atoms with Crippen LogP contribution in [0.15, 0.2) is 54.6 Å². The van der Waals surface area contributed by atoms with Crippen molar-refractivity contribution < 1.29 is 14.5 Å². The highest BCUT2D eigenvalue weighted by molar-refractivity contribution is 5.94. The van der Waals surface area contributed by atoms with E-state index in [1.807, 2.05) is 0 Å². The van der Waals surface area contributed by atoms with Crippen LogP contribution in [0.5, 0.6) is 0 Å². The molecule has 2 aromatic carbocycles. The third-order valence-corrected chi connectivity index (χ3v) is 3.62. The molecule has 134 valence electrons. The Bertz CT molecular complexity index is 842. The van der Waals surface area contributed by atoms with Crippen molar-refractivity contribution in [1.29, 1.82) is 0 Å². The first-order valence-electron chi connectivity index (χ1n) is 7.88. The van der Waals surface area contributed by atoms with E-state index in [4.69, 9.17) is 0 Å². The van der Waals surface area contributed by atoms with Gasteiger partial charge in [0.05, 0.1) is 10.5 Å². The summed E-state index contributed by atoms with van der Waals surface area (Å²) >= 11 is 0. The van der Waals surface area contributed by atoms with Gasteiger partial charge in [0.25, 0.3) is 11.6 Å². The van der Waals surface area contributed by atoms with Gasteiger partial charge in [-0.15, -0.1) is 0 Å². The molecule has 0 spiro atoms. The molecule has 26 heavy (non-hydrogen) atoms. The van der Waals surface area contributed by atoms with Crippen LogP contribution in [0.25, 0.3) is 6.08 Å². The number of nitrogens with one attached hydrogen (secondary N) is 1. The van der Waals surface area contributed by atoms with Crippen molar-refractivity contribution in [1.82, 2.24) is 10.2 Å². The highest BCUT2D eigenvalue weighted by atomic mass is 16.6. The molecule has 0 unspecified atom stereocenters. The minimum absolute atomic E-state index is 0.0577. The molecule has 0 atom stereocenters. The van der Waals surface area contributed by atoms with Crippen LogP contribution in [-0.4, -0.2) is 35.7 Å². The standard InChI is InChI=1S/C19H19N3O4/c1-21(2)19(24)16-9-7-14(8-10-16)13-20-18(23)12-11-15-5-3-4-6-17(15)22(25)26/h3-12H,13H2,1-2H3,(H,20,23)/b12-11+. The molecule has 2 amide bonds. The molecule has 0 heterocycles. The lowest BCUT2D eigenvalue weighted by Gasteiger charge is -2.10. The Morgan fingerprint density at radius 1 is 1.12 bits per heavy atom. The van der Waals surface area contributed by atoms with Crippen LogP contribution in [0, 0.1) is 10.1 Å². The lowest BCUT2D eigenvalue weighted by Crippen LogP contribution is -2.22. The van der Waals surface area contributed by atoms with Crippen LogP contribution in [-0.2, 0) is 11.3 Å². The SMILES string of the molecule is CN(C)C(=O)c1ccc(CNC(=O)/C=C/c2ccccc2[N+](=O)[O-])cc1. The normalized spacial score (nSPS) is 10.5. The number of hydrogen-bond acceptors (Lipinski definition) is 4. The van der Waals surface area contributed by atoms with Crippen LogP contribution in [0.1, 0.15) is 21.5 Å². The summed E-state index contributed by atoms with van der Waals surface area (Å²) in [5.41, 5.74) is 1.71. The molecule has 7 nitrogen and oxygen atoms in total. The fourth-order valence-corrected chi connectivity index (χ4v) is 2.23. The van der Waals surface area contributed by atoms with Gasteiger partial charge in [0.1, 0.15) is 0 Å². The van der Waals surface area contributed by atoms with Gasteiger partial charge in [0, 0.05) is 38.3 Å². The Kier molecular flexibility index (Phi) is 6.21. The van der Waals surface area contributed by atoms with Gasteiger partial charge in [-0.1, -0.05) is 24.3 Å². The number of nitro groups is 1. The van der Waals surface area contributed by atoms with Gasteiger partial charge in [-0.05, 0) is 29.8 Å². The number of carbonyl (C=O) groups excluding carboxylic acids is 2. The quantitative estimate of drug-likeness (QED) is 0.491. The second-order valence-electron chi connectivity index (χ2n) is 5.76. The molecular weight excluding hydrogens is 334 g/mol. The van der Waals surface area contributed by atoms with E-state index < -0.39 is 4.92 Å². The molecule has 0 saturated heterocycles. The molecule has 0 aliphatic heterocycles. The number of benzene rings is 2. The van der Waals surface area contributed by atoms with Crippen LogP contribution in [0.2, 0.25) is 0 Å². The van der Waals surface area contributed by atoms with Crippen LogP contribution < -0.4 is 5.32 Å². The highest BCUT2D eigenvalue weighted by Crippen LogP contribution is 2.18. The van der Waals surface area contributed by atoms with E-state index in [0.29, 0.717) is 11.1 Å². The first-order valence-corrected chi connectivity index (χ1v) is 7.88. The number of amides is 2. The van der Waals surface area contributed by atoms with E-state index in [1.54, 1.807) is 56.6 Å². The first kappa shape index (κ1) is 18.9. The molecule has 7 heteroatoms. The van der Waals surface area contributed by atoms with Crippen molar-refractivity contribution >= 4 is 23.6 Å². The summed E-state index contributed by atoms with van der Waals surface area (Å²) in [6.07, 6.45) is 2.67. The molecule has 1 N–H and O–H groups in total. The van der Waals surface area contributed by atoms with Gasteiger partial charge in [-0.25, -0.2) is 0 Å². The molecule has 0 aliphatic carbocycles. The minimum atomic E-state index is -0.492. The van der Waals surface area contributed by atoms with Gasteiger partial charge >= 0.3 is 0 Å². The van der Waals surface area contributed by atoms with E-state index in [1.165, 1.54) is 23.1 Å². The van der Waals surface area contributed by atoms with Crippen molar-refractivity contribution in [2.75, 3.05) is 14.1 Å². The van der Waals surface area contributed by atoms with Crippen LogP contribution >= 0.6 is 0 Å². The Balaban J connectivity index is 1.95. The summed E-state index contributed by atoms with van der Waals surface area (Å²) in [4.78, 5) is 35.7. The molecular formula is C19H19N3O4. The minimum Gasteiger partial charge on any atom is -0.348 e. The molecule has 0 radical (unpaired) electrons. The summed E-state index contributed by atoms with van der Waals surface area (Å²) in [6, 6.07) is 13.1. The molecule has 2 rings (SSSR count). The van der Waals surface area contributed by atoms with E-state index in [-0.39, 0.29) is 24.0 Å². The maximum Gasteiger partial charge on any atom is 0.276 e. The third-order valence-electron chi connectivity index (χ3n) is 3.62. The molecule has 0 saturated carbocycles. The van der Waals surface area contributed by atoms with Gasteiger partial charge in [0.15, 0.2) is 0 Å². The van der Waals surface area contributed by atoms with Gasteiger partial charge in [0.2, 0.25) is 5.91 Å². The Hall–Kier alpha value is -3.48. The number of hydrogen-bond donors (Lipinski definition) is 1. The summed E-state index contributed by atoms with van der Waals surface area (Å²) < 4.78 is 0. The van der Waals surface area contributed by atoms with E-state index in [2.05, 4.69) is 5.32 Å². The van der Waals surface area contributed by atoms with Gasteiger partial charge in [-0.3, -0.25) is 19.7 Å². The lowest BCUT2D eigenvalue weighted by atomic mass is 10.1. The van der Waals surface area contributed by atoms with Gasteiger partial charge < -0.3 is 10.2 Å². The maximum absolute atomic E-state index is 11.9. The van der Waals surface area contributed by atoms with E-state index in [9.17, 15) is 19.7 Å². The zero-order chi connectivity index (χ0) is 19.1. The van der Waals surface area contributed by atoms with Crippen LogP contribution in [0.3, 0.4) is 0 Å². The average Bonchev–Trinajstić information content (AvgIpc) is 2.64. The Morgan fingerprint density at radius 3 is 2.38 bits per heavy atom. The molecule has 0 fully saturated rings. The van der Waals surface area contributed by atoms with Crippen LogP contribution in [0.4, 0.5) is 5.69 Å². The zero-order valence-electron chi connectivity index (χ0n) is 14.5. The fourth-order valence-electron chi connectivity index (χ4n) is 2.23. The molecule has 0 bridgehead atoms. The lowest BCUT2D eigenvalue weighted by molar-refractivity contribution is -0.385. The summed E-state index contributed by atoms with van der Waals surface area (Å²) in [5, 5.41) is 13.6. The first-order chi connectivity index (χ1) is 12.4. The zero-order valence-corrected chi connectivity index (χ0v) is 14.5. The number of nitrogens with zero attached hydrogens (tertiary/aromatic N) is 2. The number of rotatable bonds is 6. The molecule has 2 aromatic rings. The smallest absolute Gasteiger partial charge is 0.276 e. The largest absolute Gasteiger partial charge is 0.348 e. The van der Waals surface area contributed by atoms with E-state index in [0.717, 1.165) is 5.56 Å². The second kappa shape index (κ2) is 8.57. The van der Waals surface area contributed by atoms with Gasteiger partial charge in [-0.2, -0.15) is 0 Å². The topological polar surface area (TPSA) is 92.6 Å². The Labute approximate surface area is 151 Å². The summed E-state index contributed by atoms with van der Waals surface area (Å²) in [6.45, 7) is 0.288. The monoisotopic (exact) mass is 353 g/mol. The van der Waals surface area contributed by atoms with E-state index >= 15 is 0 Å². The fraction of sp³-hybridized carbons (Fsp3) is 0.158. The van der Waals surface area contributed by atoms with Crippen molar-refractivity contribution in [2.45, 2.75) is 6.54 Å². The number of nitro benzene ring substituents is 1. The van der Waals surface area contributed by atoms with Crippen molar-refractivity contribution in [3.8, 4) is 0 Å². The Morgan fingerprint density at radius 2 is 1.77 bits per heavy atom. The summed E-state index contributed by atoms with van der Waals surface area (Å²) in [5.74, 6) is -0.454. The summed E-state index contributed by atoms with van der Waals surface area (Å²) in [7, 11) is 3.36. The maximum atomic E-state index is 11.9. The third kappa shape index (κ3) is 5.01. The van der Waals surface area contributed by atoms with Crippen molar-refractivity contribution in [3.63, 3.8) is 0 Å². The number of para-hydroxylation sites is 1. The second-order valence-corrected chi connectivity index (χ2v) is 5.76. The van der Waals surface area contributed by atoms with Crippen molar-refractivity contribution in [2.24, 2.45) is 0 Å². The van der Waals surface area contributed by atoms with Crippen molar-refractivity contribution in [3.05, 3.63) is 81.4 Å². The highest BCUT2D eigenvalue weighted by Gasteiger charge is 2.10. The number of carbonyl (C=O) groups is 2. The molecule has 0 aromatic heterocycles.